The second kappa shape index (κ2) is 6.41. The minimum absolute atomic E-state index is 0.194. The molecular weight excluding hydrogens is 288 g/mol. The van der Waals surface area contributed by atoms with Crippen LogP contribution in [0.4, 0.5) is 0 Å². The van der Waals surface area contributed by atoms with Gasteiger partial charge in [0.25, 0.3) is 5.91 Å². The highest BCUT2D eigenvalue weighted by atomic mass is 35.5. The summed E-state index contributed by atoms with van der Waals surface area (Å²) in [6, 6.07) is 9.40. The van der Waals surface area contributed by atoms with Gasteiger partial charge in [-0.05, 0) is 30.7 Å². The Hall–Kier alpha value is -1.65. The first kappa shape index (κ1) is 14.3. The van der Waals surface area contributed by atoms with Crippen molar-refractivity contribution in [3.8, 4) is 0 Å². The Labute approximate surface area is 128 Å². The van der Waals surface area contributed by atoms with Gasteiger partial charge in [0.15, 0.2) is 0 Å². The topological polar surface area (TPSA) is 51.2 Å². The van der Waals surface area contributed by atoms with Crippen molar-refractivity contribution in [2.24, 2.45) is 0 Å². The monoisotopic (exact) mass is 304 g/mol. The van der Waals surface area contributed by atoms with Crippen molar-refractivity contribution in [2.75, 3.05) is 13.2 Å². The molecule has 0 aliphatic carbocycles. The molecule has 0 radical (unpaired) electrons. The fraction of sp³-hybridized carbons (Fsp3) is 0.375. The molecule has 3 rings (SSSR count). The molecule has 1 saturated heterocycles. The van der Waals surface area contributed by atoms with Gasteiger partial charge in [0, 0.05) is 18.5 Å². The van der Waals surface area contributed by atoms with Crippen LogP contribution in [0.15, 0.2) is 30.3 Å². The largest absolute Gasteiger partial charge is 0.378 e. The van der Waals surface area contributed by atoms with Crippen LogP contribution in [0.5, 0.6) is 0 Å². The zero-order valence-corrected chi connectivity index (χ0v) is 12.4. The zero-order chi connectivity index (χ0) is 14.7. The molecule has 21 heavy (non-hydrogen) atoms. The highest BCUT2D eigenvalue weighted by Gasteiger charge is 2.16. The lowest BCUT2D eigenvalue weighted by molar-refractivity contribution is 0.0903. The Morgan fingerprint density at radius 3 is 3.10 bits per heavy atom. The number of fused-ring (bicyclic) bond motifs is 1. The summed E-state index contributed by atoms with van der Waals surface area (Å²) in [5.74, 6) is -0.194. The molecule has 0 spiro atoms. The molecule has 1 aliphatic rings. The summed E-state index contributed by atoms with van der Waals surface area (Å²) in [6.07, 6.45) is 3.31. The molecule has 1 unspecified atom stereocenters. The van der Waals surface area contributed by atoms with Crippen LogP contribution in [0.2, 0.25) is 5.15 Å². The fourth-order valence-corrected chi connectivity index (χ4v) is 2.85. The quantitative estimate of drug-likeness (QED) is 0.883. The van der Waals surface area contributed by atoms with Crippen molar-refractivity contribution in [2.45, 2.75) is 25.4 Å². The lowest BCUT2D eigenvalue weighted by atomic mass is 10.1. The van der Waals surface area contributed by atoms with Crippen LogP contribution in [0.3, 0.4) is 0 Å². The molecule has 2 heterocycles. The van der Waals surface area contributed by atoms with Crippen LogP contribution in [0.25, 0.3) is 10.8 Å². The van der Waals surface area contributed by atoms with E-state index in [1.165, 1.54) is 0 Å². The highest BCUT2D eigenvalue weighted by molar-refractivity contribution is 6.34. The molecule has 5 heteroatoms. The number of carbonyl (C=O) groups is 1. The lowest BCUT2D eigenvalue weighted by Crippen LogP contribution is -2.27. The Morgan fingerprint density at radius 2 is 2.29 bits per heavy atom. The fourth-order valence-electron chi connectivity index (χ4n) is 2.58. The molecular formula is C16H17ClN2O2. The van der Waals surface area contributed by atoms with E-state index in [2.05, 4.69) is 10.3 Å². The van der Waals surface area contributed by atoms with Crippen molar-refractivity contribution in [3.63, 3.8) is 0 Å². The smallest absolute Gasteiger partial charge is 0.269 e. The average molecular weight is 305 g/mol. The minimum Gasteiger partial charge on any atom is -0.378 e. The molecule has 1 fully saturated rings. The summed E-state index contributed by atoms with van der Waals surface area (Å²) in [7, 11) is 0. The summed E-state index contributed by atoms with van der Waals surface area (Å²) in [5.41, 5.74) is 0.353. The molecule has 1 aromatic heterocycles. The van der Waals surface area contributed by atoms with Gasteiger partial charge in [0.1, 0.15) is 10.8 Å². The van der Waals surface area contributed by atoms with Gasteiger partial charge in [0.2, 0.25) is 0 Å². The molecule has 1 amide bonds. The van der Waals surface area contributed by atoms with Gasteiger partial charge in [-0.3, -0.25) is 4.79 Å². The maximum atomic E-state index is 12.1. The number of amides is 1. The number of hydrogen-bond acceptors (Lipinski definition) is 3. The average Bonchev–Trinajstić information content (AvgIpc) is 3.00. The number of aromatic nitrogens is 1. The van der Waals surface area contributed by atoms with Crippen molar-refractivity contribution >= 4 is 28.3 Å². The van der Waals surface area contributed by atoms with Crippen molar-refractivity contribution in [3.05, 3.63) is 41.2 Å². The second-order valence-electron chi connectivity index (χ2n) is 5.20. The maximum Gasteiger partial charge on any atom is 0.269 e. The molecule has 1 aromatic carbocycles. The third-order valence-electron chi connectivity index (χ3n) is 3.70. The SMILES string of the molecule is O=C(NCCC1CCCO1)c1cc2ccccc2c(Cl)n1. The van der Waals surface area contributed by atoms with Crippen molar-refractivity contribution < 1.29 is 9.53 Å². The third-order valence-corrected chi connectivity index (χ3v) is 3.99. The van der Waals surface area contributed by atoms with Crippen LogP contribution in [0, 0.1) is 0 Å². The summed E-state index contributed by atoms with van der Waals surface area (Å²) in [5, 5.41) is 5.01. The van der Waals surface area contributed by atoms with Crippen LogP contribution in [0.1, 0.15) is 29.8 Å². The molecule has 1 atom stereocenters. The normalized spacial score (nSPS) is 18.0. The Bertz CT molecular complexity index is 654. The number of ether oxygens (including phenoxy) is 1. The molecule has 1 aliphatic heterocycles. The maximum absolute atomic E-state index is 12.1. The predicted molar refractivity (Wildman–Crippen MR) is 82.7 cm³/mol. The van der Waals surface area contributed by atoms with E-state index in [-0.39, 0.29) is 12.0 Å². The van der Waals surface area contributed by atoms with E-state index in [4.69, 9.17) is 16.3 Å². The van der Waals surface area contributed by atoms with E-state index in [0.717, 1.165) is 36.6 Å². The van der Waals surface area contributed by atoms with Gasteiger partial charge >= 0.3 is 0 Å². The van der Waals surface area contributed by atoms with Crippen LogP contribution < -0.4 is 5.32 Å². The first-order valence-electron chi connectivity index (χ1n) is 7.19. The van der Waals surface area contributed by atoms with E-state index < -0.39 is 0 Å². The van der Waals surface area contributed by atoms with E-state index in [0.29, 0.717) is 17.4 Å². The van der Waals surface area contributed by atoms with E-state index in [1.54, 1.807) is 6.07 Å². The highest BCUT2D eigenvalue weighted by Crippen LogP contribution is 2.22. The summed E-state index contributed by atoms with van der Waals surface area (Å²) in [6.45, 7) is 1.43. The van der Waals surface area contributed by atoms with Crippen LogP contribution in [-0.2, 0) is 4.74 Å². The molecule has 0 bridgehead atoms. The van der Waals surface area contributed by atoms with E-state index >= 15 is 0 Å². The number of hydrogen-bond donors (Lipinski definition) is 1. The van der Waals surface area contributed by atoms with E-state index in [9.17, 15) is 4.79 Å². The van der Waals surface area contributed by atoms with Gasteiger partial charge in [-0.2, -0.15) is 0 Å². The Balaban J connectivity index is 1.66. The number of benzene rings is 1. The van der Waals surface area contributed by atoms with Gasteiger partial charge in [0.05, 0.1) is 6.10 Å². The number of nitrogens with one attached hydrogen (secondary N) is 1. The number of nitrogens with zero attached hydrogens (tertiary/aromatic N) is 1. The zero-order valence-electron chi connectivity index (χ0n) is 11.6. The molecule has 4 nitrogen and oxygen atoms in total. The standard InChI is InChI=1S/C16H17ClN2O2/c17-15-13-6-2-1-4-11(13)10-14(19-15)16(20)18-8-7-12-5-3-9-21-12/h1-2,4,6,10,12H,3,5,7-9H2,(H,18,20). The number of rotatable bonds is 4. The Morgan fingerprint density at radius 1 is 1.43 bits per heavy atom. The number of halogens is 1. The second-order valence-corrected chi connectivity index (χ2v) is 5.56. The molecule has 2 aromatic rings. The molecule has 110 valence electrons. The van der Waals surface area contributed by atoms with Crippen LogP contribution >= 0.6 is 11.6 Å². The minimum atomic E-state index is -0.194. The Kier molecular flexibility index (Phi) is 4.36. The number of carbonyl (C=O) groups excluding carboxylic acids is 1. The van der Waals surface area contributed by atoms with Gasteiger partial charge < -0.3 is 10.1 Å². The van der Waals surface area contributed by atoms with E-state index in [1.807, 2.05) is 24.3 Å². The van der Waals surface area contributed by atoms with Gasteiger partial charge in [-0.1, -0.05) is 35.9 Å². The summed E-state index contributed by atoms with van der Waals surface area (Å²) >= 11 is 6.13. The summed E-state index contributed by atoms with van der Waals surface area (Å²) < 4.78 is 5.53. The number of pyridine rings is 1. The first-order chi connectivity index (χ1) is 10.2. The molecule has 1 N–H and O–H groups in total. The first-order valence-corrected chi connectivity index (χ1v) is 7.57. The predicted octanol–water partition coefficient (Wildman–Crippen LogP) is 3.19. The van der Waals surface area contributed by atoms with Crippen molar-refractivity contribution in [1.82, 2.24) is 10.3 Å². The van der Waals surface area contributed by atoms with Crippen molar-refractivity contribution in [1.29, 1.82) is 0 Å². The molecule has 0 saturated carbocycles. The van der Waals surface area contributed by atoms with Gasteiger partial charge in [-0.15, -0.1) is 0 Å². The third kappa shape index (κ3) is 3.34. The summed E-state index contributed by atoms with van der Waals surface area (Å²) in [4.78, 5) is 16.3. The van der Waals surface area contributed by atoms with Gasteiger partial charge in [-0.25, -0.2) is 4.98 Å². The van der Waals surface area contributed by atoms with Crippen LogP contribution in [-0.4, -0.2) is 30.1 Å². The lowest BCUT2D eigenvalue weighted by Gasteiger charge is -2.10.